The summed E-state index contributed by atoms with van der Waals surface area (Å²) >= 11 is 0. The van der Waals surface area contributed by atoms with E-state index < -0.39 is 0 Å². The van der Waals surface area contributed by atoms with Crippen LogP contribution in [0.5, 0.6) is 0 Å². The first kappa shape index (κ1) is 23.8. The van der Waals surface area contributed by atoms with Crippen LogP contribution in [-0.2, 0) is 23.9 Å². The van der Waals surface area contributed by atoms with Crippen molar-refractivity contribution in [1.29, 1.82) is 0 Å². The van der Waals surface area contributed by atoms with Crippen molar-refractivity contribution in [2.75, 3.05) is 7.11 Å². The van der Waals surface area contributed by atoms with Gasteiger partial charge in [0.15, 0.2) is 0 Å². The van der Waals surface area contributed by atoms with Crippen LogP contribution in [0.4, 0.5) is 0 Å². The maximum atomic E-state index is 13.8. The van der Waals surface area contributed by atoms with E-state index in [1.807, 2.05) is 0 Å². The Kier molecular flexibility index (Phi) is 6.50. The molecule has 0 aromatic heterocycles. The molecule has 4 aliphatic carbocycles. The third kappa shape index (κ3) is 3.92. The van der Waals surface area contributed by atoms with E-state index in [1.54, 1.807) is 0 Å². The summed E-state index contributed by atoms with van der Waals surface area (Å²) in [6.45, 7) is 8.51. The van der Waals surface area contributed by atoms with Gasteiger partial charge >= 0.3 is 11.9 Å². The molecule has 0 bridgehead atoms. The summed E-state index contributed by atoms with van der Waals surface area (Å²) in [6, 6.07) is 0. The summed E-state index contributed by atoms with van der Waals surface area (Å²) in [4.78, 5) is 37.0. The minimum atomic E-state index is -0.185. The number of rotatable bonds is 5. The van der Waals surface area contributed by atoms with E-state index in [0.717, 1.165) is 38.5 Å². The predicted molar refractivity (Wildman–Crippen MR) is 122 cm³/mol. The summed E-state index contributed by atoms with van der Waals surface area (Å²) in [5.74, 6) is 2.85. The Balaban J connectivity index is 1.50. The van der Waals surface area contributed by atoms with Gasteiger partial charge in [-0.15, -0.1) is 0 Å². The lowest BCUT2D eigenvalue weighted by Crippen LogP contribution is -2.58. The number of ether oxygens (including phenoxy) is 2. The van der Waals surface area contributed by atoms with E-state index in [9.17, 15) is 14.4 Å². The molecule has 4 rings (SSSR count). The van der Waals surface area contributed by atoms with E-state index >= 15 is 0 Å². The number of hydrogen-bond donors (Lipinski definition) is 0. The van der Waals surface area contributed by atoms with Crippen molar-refractivity contribution in [3.63, 3.8) is 0 Å². The van der Waals surface area contributed by atoms with Gasteiger partial charge in [-0.3, -0.25) is 14.4 Å². The van der Waals surface area contributed by atoms with Gasteiger partial charge < -0.3 is 9.47 Å². The molecule has 180 valence electrons. The van der Waals surface area contributed by atoms with Crippen LogP contribution in [0.15, 0.2) is 0 Å². The lowest BCUT2D eigenvalue weighted by Gasteiger charge is -2.60. The predicted octanol–water partition coefficient (Wildman–Crippen LogP) is 5.35. The second-order valence-electron chi connectivity index (χ2n) is 12.0. The second-order valence-corrected chi connectivity index (χ2v) is 12.0. The molecule has 0 saturated heterocycles. The largest absolute Gasteiger partial charge is 0.469 e. The molecule has 0 radical (unpaired) electrons. The Morgan fingerprint density at radius 2 is 1.84 bits per heavy atom. The summed E-state index contributed by atoms with van der Waals surface area (Å²) in [6.07, 6.45) is 9.51. The molecule has 32 heavy (non-hydrogen) atoms. The molecule has 0 aliphatic heterocycles. The van der Waals surface area contributed by atoms with Crippen LogP contribution < -0.4 is 0 Å². The normalized spacial score (nSPS) is 44.1. The zero-order valence-electron chi connectivity index (χ0n) is 20.7. The lowest BCUT2D eigenvalue weighted by molar-refractivity contribution is -0.169. The Morgan fingerprint density at radius 3 is 2.53 bits per heavy atom. The maximum absolute atomic E-state index is 13.8. The molecule has 0 amide bonds. The number of carbonyl (C=O) groups excluding carboxylic acids is 3. The standard InChI is InChI=1S/C27H42O5/c1-16(6-11-24(30)31-5)21-9-10-22-20-8-7-18-14-19(32-17(2)28)12-13-26(18,3)25(20)23(29)15-27(21,22)4/h16,18-22,25H,6-15H2,1-5H3/t16-,18+,19-,20+,21-,22+,25-,26+,27-/m1/s1. The highest BCUT2D eigenvalue weighted by atomic mass is 16.5. The van der Waals surface area contributed by atoms with Gasteiger partial charge in [0, 0.05) is 25.7 Å². The molecule has 0 N–H and O–H groups in total. The van der Waals surface area contributed by atoms with E-state index in [2.05, 4.69) is 20.8 Å². The summed E-state index contributed by atoms with van der Waals surface area (Å²) in [5.41, 5.74) is 0.110. The maximum Gasteiger partial charge on any atom is 0.305 e. The molecular weight excluding hydrogens is 404 g/mol. The van der Waals surface area contributed by atoms with Gasteiger partial charge in [0.25, 0.3) is 0 Å². The molecule has 0 unspecified atom stereocenters. The van der Waals surface area contributed by atoms with E-state index in [-0.39, 0.29) is 34.8 Å². The van der Waals surface area contributed by atoms with Crippen molar-refractivity contribution in [3.8, 4) is 0 Å². The molecule has 0 aromatic carbocycles. The molecule has 0 aromatic rings. The first-order valence-electron chi connectivity index (χ1n) is 12.9. The molecule has 0 heterocycles. The van der Waals surface area contributed by atoms with Crippen LogP contribution in [0.1, 0.15) is 91.9 Å². The minimum absolute atomic E-state index is 0.0256. The van der Waals surface area contributed by atoms with Gasteiger partial charge in [0.1, 0.15) is 11.9 Å². The third-order valence-corrected chi connectivity index (χ3v) is 10.4. The van der Waals surface area contributed by atoms with Crippen molar-refractivity contribution < 1.29 is 23.9 Å². The quantitative estimate of drug-likeness (QED) is 0.533. The highest BCUT2D eigenvalue weighted by Gasteiger charge is 2.63. The molecule has 0 spiro atoms. The Morgan fingerprint density at radius 1 is 1.09 bits per heavy atom. The fraction of sp³-hybridized carbons (Fsp3) is 0.889. The summed E-state index contributed by atoms with van der Waals surface area (Å²) in [5, 5.41) is 0. The molecule has 9 atom stereocenters. The molecule has 4 aliphatic rings. The Hall–Kier alpha value is -1.39. The highest BCUT2D eigenvalue weighted by molar-refractivity contribution is 5.84. The smallest absolute Gasteiger partial charge is 0.305 e. The van der Waals surface area contributed by atoms with Gasteiger partial charge in [-0.1, -0.05) is 20.8 Å². The van der Waals surface area contributed by atoms with E-state index in [0.29, 0.717) is 48.2 Å². The topological polar surface area (TPSA) is 69.7 Å². The summed E-state index contributed by atoms with van der Waals surface area (Å²) < 4.78 is 10.4. The number of fused-ring (bicyclic) bond motifs is 5. The molecular formula is C27H42O5. The SMILES string of the molecule is COC(=O)CC[C@@H](C)[C@H]1CC[C@H]2[C@@H]3CC[C@H]4C[C@H](OC(C)=O)CC[C@]4(C)[C@H]3C(=O)C[C@]12C. The number of ketones is 1. The molecule has 4 saturated carbocycles. The first-order chi connectivity index (χ1) is 15.1. The monoisotopic (exact) mass is 446 g/mol. The fourth-order valence-corrected chi connectivity index (χ4v) is 9.00. The number of hydrogen-bond acceptors (Lipinski definition) is 5. The Labute approximate surface area is 193 Å². The third-order valence-electron chi connectivity index (χ3n) is 10.4. The van der Waals surface area contributed by atoms with Gasteiger partial charge in [-0.2, -0.15) is 0 Å². The van der Waals surface area contributed by atoms with E-state index in [4.69, 9.17) is 9.47 Å². The average molecular weight is 447 g/mol. The van der Waals surface area contributed by atoms with Crippen LogP contribution in [0.3, 0.4) is 0 Å². The number of carbonyl (C=O) groups is 3. The molecule has 4 fully saturated rings. The van der Waals surface area contributed by atoms with Crippen molar-refractivity contribution in [3.05, 3.63) is 0 Å². The average Bonchev–Trinajstić information content (AvgIpc) is 3.07. The van der Waals surface area contributed by atoms with Crippen LogP contribution in [0.25, 0.3) is 0 Å². The number of esters is 2. The number of methoxy groups -OCH3 is 1. The van der Waals surface area contributed by atoms with Gasteiger partial charge in [-0.25, -0.2) is 0 Å². The zero-order chi connectivity index (χ0) is 23.3. The number of Topliss-reactive ketones (excluding diaryl/α,β-unsaturated/α-hetero) is 1. The van der Waals surface area contributed by atoms with Gasteiger partial charge in [0.2, 0.25) is 0 Å². The van der Waals surface area contributed by atoms with Crippen LogP contribution in [-0.4, -0.2) is 30.9 Å². The van der Waals surface area contributed by atoms with Crippen molar-refractivity contribution in [1.82, 2.24) is 0 Å². The van der Waals surface area contributed by atoms with Crippen LogP contribution in [0.2, 0.25) is 0 Å². The fourth-order valence-electron chi connectivity index (χ4n) is 9.00. The van der Waals surface area contributed by atoms with Crippen LogP contribution in [0, 0.1) is 46.3 Å². The molecule has 5 nitrogen and oxygen atoms in total. The Bertz CT molecular complexity index is 761. The van der Waals surface area contributed by atoms with Gasteiger partial charge in [0.05, 0.1) is 7.11 Å². The van der Waals surface area contributed by atoms with Crippen molar-refractivity contribution in [2.24, 2.45) is 46.3 Å². The van der Waals surface area contributed by atoms with Crippen LogP contribution >= 0.6 is 0 Å². The van der Waals surface area contributed by atoms with Crippen molar-refractivity contribution >= 4 is 17.7 Å². The first-order valence-corrected chi connectivity index (χ1v) is 12.9. The lowest BCUT2D eigenvalue weighted by atomic mass is 9.44. The van der Waals surface area contributed by atoms with E-state index in [1.165, 1.54) is 26.9 Å². The van der Waals surface area contributed by atoms with Gasteiger partial charge in [-0.05, 0) is 91.8 Å². The zero-order valence-corrected chi connectivity index (χ0v) is 20.7. The van der Waals surface area contributed by atoms with Crippen molar-refractivity contribution in [2.45, 2.75) is 98.0 Å². The highest BCUT2D eigenvalue weighted by Crippen LogP contribution is 2.67. The summed E-state index contributed by atoms with van der Waals surface area (Å²) in [7, 11) is 1.45. The minimum Gasteiger partial charge on any atom is -0.469 e. The second kappa shape index (κ2) is 8.76. The molecule has 5 heteroatoms.